The van der Waals surface area contributed by atoms with Crippen LogP contribution in [0.3, 0.4) is 0 Å². The van der Waals surface area contributed by atoms with Crippen molar-refractivity contribution in [2.45, 2.75) is 18.8 Å². The van der Waals surface area contributed by atoms with E-state index < -0.39 is 0 Å². The summed E-state index contributed by atoms with van der Waals surface area (Å²) in [7, 11) is 1.65. The van der Waals surface area contributed by atoms with Crippen LogP contribution in [0.25, 0.3) is 0 Å². The highest BCUT2D eigenvalue weighted by Crippen LogP contribution is 2.38. The number of piperazine rings is 1. The van der Waals surface area contributed by atoms with Gasteiger partial charge in [0.25, 0.3) is 11.5 Å². The molecule has 130 valence electrons. The van der Waals surface area contributed by atoms with Gasteiger partial charge in [0.15, 0.2) is 5.82 Å². The van der Waals surface area contributed by atoms with Crippen molar-refractivity contribution in [3.05, 3.63) is 52.1 Å². The number of anilines is 1. The lowest BCUT2D eigenvalue weighted by molar-refractivity contribution is 0.0744. The molecule has 7 heteroatoms. The average molecular weight is 339 g/mol. The van der Waals surface area contributed by atoms with E-state index in [9.17, 15) is 9.59 Å². The van der Waals surface area contributed by atoms with Gasteiger partial charge in [0, 0.05) is 45.3 Å². The van der Waals surface area contributed by atoms with Crippen LogP contribution in [0.4, 0.5) is 5.82 Å². The number of pyridine rings is 1. The molecule has 2 fully saturated rings. The van der Waals surface area contributed by atoms with Gasteiger partial charge in [-0.1, -0.05) is 0 Å². The van der Waals surface area contributed by atoms with Crippen molar-refractivity contribution in [1.29, 1.82) is 0 Å². The second kappa shape index (κ2) is 6.31. The van der Waals surface area contributed by atoms with Gasteiger partial charge in [0.2, 0.25) is 0 Å². The predicted octanol–water partition coefficient (Wildman–Crippen LogP) is 1.02. The van der Waals surface area contributed by atoms with Gasteiger partial charge >= 0.3 is 0 Å². The fourth-order valence-electron chi connectivity index (χ4n) is 3.17. The molecule has 3 heterocycles. The van der Waals surface area contributed by atoms with Gasteiger partial charge in [0.1, 0.15) is 5.56 Å². The Morgan fingerprint density at radius 2 is 1.84 bits per heavy atom. The molecule has 7 nitrogen and oxygen atoms in total. The van der Waals surface area contributed by atoms with Crippen molar-refractivity contribution >= 4 is 11.7 Å². The topological polar surface area (TPSA) is 71.3 Å². The highest BCUT2D eigenvalue weighted by molar-refractivity contribution is 5.94. The molecule has 2 aromatic rings. The standard InChI is InChI=1S/C18H21N5O2/c1-21-8-2-3-14(17(21)24)18(25)23-11-9-22(10-12-23)16-7-6-15(19-20-16)13-4-5-13/h2-3,6-8,13H,4-5,9-12H2,1H3. The maximum absolute atomic E-state index is 12.6. The van der Waals surface area contributed by atoms with Crippen molar-refractivity contribution in [3.63, 3.8) is 0 Å². The third kappa shape index (κ3) is 3.14. The summed E-state index contributed by atoms with van der Waals surface area (Å²) < 4.78 is 1.43. The molecule has 0 aromatic carbocycles. The summed E-state index contributed by atoms with van der Waals surface area (Å²) in [5, 5.41) is 8.66. The molecule has 1 saturated carbocycles. The molecular formula is C18H21N5O2. The second-order valence-electron chi connectivity index (χ2n) is 6.71. The molecule has 25 heavy (non-hydrogen) atoms. The number of hydrogen-bond donors (Lipinski definition) is 0. The first-order chi connectivity index (χ1) is 12.1. The average Bonchev–Trinajstić information content (AvgIpc) is 3.49. The fraction of sp³-hybridized carbons (Fsp3) is 0.444. The number of nitrogens with zero attached hydrogens (tertiary/aromatic N) is 5. The van der Waals surface area contributed by atoms with Gasteiger partial charge in [-0.2, -0.15) is 5.10 Å². The summed E-state index contributed by atoms with van der Waals surface area (Å²) in [6.45, 7) is 2.53. The van der Waals surface area contributed by atoms with Gasteiger partial charge in [-0.3, -0.25) is 9.59 Å². The van der Waals surface area contributed by atoms with Crippen molar-refractivity contribution in [2.24, 2.45) is 7.05 Å². The van der Waals surface area contributed by atoms with E-state index in [1.165, 1.54) is 17.4 Å². The first kappa shape index (κ1) is 15.8. The number of carbonyl (C=O) groups excluding carboxylic acids is 1. The SMILES string of the molecule is Cn1cccc(C(=O)N2CCN(c3ccc(C4CC4)nn3)CC2)c1=O. The smallest absolute Gasteiger partial charge is 0.263 e. The van der Waals surface area contributed by atoms with Crippen LogP contribution in [-0.4, -0.2) is 51.8 Å². The minimum atomic E-state index is -0.253. The molecule has 1 amide bonds. The van der Waals surface area contributed by atoms with Gasteiger partial charge in [-0.05, 0) is 37.1 Å². The van der Waals surface area contributed by atoms with Crippen LogP contribution in [0, 0.1) is 0 Å². The van der Waals surface area contributed by atoms with Gasteiger partial charge in [-0.25, -0.2) is 0 Å². The van der Waals surface area contributed by atoms with Crippen LogP contribution in [0.15, 0.2) is 35.3 Å². The Morgan fingerprint density at radius 3 is 2.48 bits per heavy atom. The molecule has 0 bridgehead atoms. The molecule has 1 aliphatic heterocycles. The molecule has 0 N–H and O–H groups in total. The lowest BCUT2D eigenvalue weighted by Gasteiger charge is -2.35. The molecule has 2 aromatic heterocycles. The third-order valence-corrected chi connectivity index (χ3v) is 4.91. The first-order valence-corrected chi connectivity index (χ1v) is 8.67. The second-order valence-corrected chi connectivity index (χ2v) is 6.71. The van der Waals surface area contributed by atoms with Crippen LogP contribution in [0.2, 0.25) is 0 Å². The molecule has 0 radical (unpaired) electrons. The molecule has 0 spiro atoms. The molecule has 0 unspecified atom stereocenters. The van der Waals surface area contributed by atoms with Crippen LogP contribution in [0.5, 0.6) is 0 Å². The third-order valence-electron chi connectivity index (χ3n) is 4.91. The molecule has 4 rings (SSSR count). The van der Waals surface area contributed by atoms with Crippen LogP contribution in [0.1, 0.15) is 34.8 Å². The minimum absolute atomic E-state index is 0.198. The van der Waals surface area contributed by atoms with Crippen molar-refractivity contribution in [3.8, 4) is 0 Å². The summed E-state index contributed by atoms with van der Waals surface area (Å²) in [5.41, 5.74) is 1.06. The molecular weight excluding hydrogens is 318 g/mol. The lowest BCUT2D eigenvalue weighted by Crippen LogP contribution is -2.50. The van der Waals surface area contributed by atoms with Crippen LogP contribution < -0.4 is 10.5 Å². The van der Waals surface area contributed by atoms with E-state index in [1.807, 2.05) is 6.07 Å². The van der Waals surface area contributed by atoms with E-state index in [1.54, 1.807) is 30.3 Å². The lowest BCUT2D eigenvalue weighted by atomic mass is 10.2. The maximum Gasteiger partial charge on any atom is 0.263 e. The number of carbonyl (C=O) groups is 1. The normalized spacial score (nSPS) is 17.6. The van der Waals surface area contributed by atoms with E-state index >= 15 is 0 Å². The quantitative estimate of drug-likeness (QED) is 0.835. The Morgan fingerprint density at radius 1 is 1.08 bits per heavy atom. The molecule has 1 aliphatic carbocycles. The number of amides is 1. The Labute approximate surface area is 145 Å². The Kier molecular flexibility index (Phi) is 3.99. The molecule has 2 aliphatic rings. The number of aryl methyl sites for hydroxylation is 1. The van der Waals surface area contributed by atoms with Crippen LogP contribution in [-0.2, 0) is 7.05 Å². The maximum atomic E-state index is 12.6. The zero-order chi connectivity index (χ0) is 17.4. The highest BCUT2D eigenvalue weighted by atomic mass is 16.2. The zero-order valence-electron chi connectivity index (χ0n) is 14.3. The number of aromatic nitrogens is 3. The van der Waals surface area contributed by atoms with Crippen molar-refractivity contribution < 1.29 is 4.79 Å². The summed E-state index contributed by atoms with van der Waals surface area (Å²) in [6.07, 6.45) is 4.09. The first-order valence-electron chi connectivity index (χ1n) is 8.67. The van der Waals surface area contributed by atoms with E-state index in [4.69, 9.17) is 0 Å². The predicted molar refractivity (Wildman–Crippen MR) is 93.8 cm³/mol. The Bertz CT molecular complexity index is 833. The molecule has 1 saturated heterocycles. The molecule has 0 atom stereocenters. The van der Waals surface area contributed by atoms with E-state index in [2.05, 4.69) is 21.2 Å². The van der Waals surface area contributed by atoms with Crippen molar-refractivity contribution in [1.82, 2.24) is 19.7 Å². The van der Waals surface area contributed by atoms with Gasteiger partial charge in [-0.15, -0.1) is 5.10 Å². The number of rotatable bonds is 3. The summed E-state index contributed by atoms with van der Waals surface area (Å²) in [6, 6.07) is 7.40. The van der Waals surface area contributed by atoms with Crippen molar-refractivity contribution in [2.75, 3.05) is 31.1 Å². The summed E-state index contributed by atoms with van der Waals surface area (Å²) in [5.74, 6) is 1.26. The van der Waals surface area contributed by atoms with E-state index in [-0.39, 0.29) is 17.0 Å². The van der Waals surface area contributed by atoms with E-state index in [0.717, 1.165) is 11.5 Å². The largest absolute Gasteiger partial charge is 0.352 e. The minimum Gasteiger partial charge on any atom is -0.352 e. The summed E-state index contributed by atoms with van der Waals surface area (Å²) in [4.78, 5) is 28.6. The Hall–Kier alpha value is -2.70. The summed E-state index contributed by atoms with van der Waals surface area (Å²) >= 11 is 0. The highest BCUT2D eigenvalue weighted by Gasteiger charge is 2.27. The number of hydrogen-bond acceptors (Lipinski definition) is 5. The van der Waals surface area contributed by atoms with E-state index in [0.29, 0.717) is 32.1 Å². The van der Waals surface area contributed by atoms with Gasteiger partial charge < -0.3 is 14.4 Å². The van der Waals surface area contributed by atoms with Gasteiger partial charge in [0.05, 0.1) is 5.69 Å². The Balaban J connectivity index is 1.41. The zero-order valence-corrected chi connectivity index (χ0v) is 14.3. The monoisotopic (exact) mass is 339 g/mol. The van der Waals surface area contributed by atoms with Crippen LogP contribution >= 0.6 is 0 Å². The fourth-order valence-corrected chi connectivity index (χ4v) is 3.17.